The molecule has 0 bridgehead atoms. The van der Waals surface area contributed by atoms with Crippen molar-refractivity contribution in [3.8, 4) is 0 Å². The van der Waals surface area contributed by atoms with Gasteiger partial charge in [0.1, 0.15) is 12.6 Å². The van der Waals surface area contributed by atoms with E-state index in [1.807, 2.05) is 13.8 Å². The minimum atomic E-state index is -4.11. The molecule has 2 amide bonds. The van der Waals surface area contributed by atoms with Crippen molar-refractivity contribution in [2.24, 2.45) is 0 Å². The molecule has 37 heavy (non-hydrogen) atoms. The molecule has 3 rings (SSSR count). The van der Waals surface area contributed by atoms with Crippen LogP contribution in [0.1, 0.15) is 26.3 Å². The third-order valence-electron chi connectivity index (χ3n) is 5.59. The maximum Gasteiger partial charge on any atom is 0.264 e. The average molecular weight is 563 g/mol. The van der Waals surface area contributed by atoms with Crippen molar-refractivity contribution in [3.05, 3.63) is 94.5 Å². The van der Waals surface area contributed by atoms with Gasteiger partial charge in [0.05, 0.1) is 10.6 Å². The number of anilines is 1. The number of sulfonamides is 1. The first-order valence-electron chi connectivity index (χ1n) is 11.7. The van der Waals surface area contributed by atoms with Crippen LogP contribution in [0.5, 0.6) is 0 Å². The molecule has 0 aromatic heterocycles. The largest absolute Gasteiger partial charge is 0.352 e. The molecule has 196 valence electrons. The third-order valence-corrected chi connectivity index (χ3v) is 7.88. The second kappa shape index (κ2) is 12.4. The lowest BCUT2D eigenvalue weighted by Crippen LogP contribution is -2.52. The Morgan fingerprint density at radius 3 is 1.92 bits per heavy atom. The maximum absolute atomic E-state index is 13.8. The first-order valence-corrected chi connectivity index (χ1v) is 13.9. The van der Waals surface area contributed by atoms with Gasteiger partial charge in [0.15, 0.2) is 0 Å². The highest BCUT2D eigenvalue weighted by atomic mass is 35.5. The molecule has 0 saturated heterocycles. The molecule has 0 heterocycles. The van der Waals surface area contributed by atoms with E-state index in [-0.39, 0.29) is 29.1 Å². The van der Waals surface area contributed by atoms with Crippen LogP contribution in [0.3, 0.4) is 0 Å². The van der Waals surface area contributed by atoms with Crippen LogP contribution in [0.15, 0.2) is 83.8 Å². The molecule has 1 atom stereocenters. The summed E-state index contributed by atoms with van der Waals surface area (Å²) in [4.78, 5) is 28.0. The number of rotatable bonds is 10. The summed E-state index contributed by atoms with van der Waals surface area (Å²) in [6.07, 6.45) is 0. The van der Waals surface area contributed by atoms with E-state index in [0.717, 1.165) is 9.87 Å². The van der Waals surface area contributed by atoms with E-state index < -0.39 is 28.5 Å². The van der Waals surface area contributed by atoms with Gasteiger partial charge in [-0.15, -0.1) is 0 Å². The van der Waals surface area contributed by atoms with Crippen LogP contribution in [0, 0.1) is 0 Å². The first-order chi connectivity index (χ1) is 17.5. The normalized spacial score (nSPS) is 12.2. The van der Waals surface area contributed by atoms with E-state index in [2.05, 4.69) is 5.32 Å². The van der Waals surface area contributed by atoms with Gasteiger partial charge in [0, 0.05) is 22.6 Å². The van der Waals surface area contributed by atoms with Crippen molar-refractivity contribution in [1.82, 2.24) is 10.2 Å². The van der Waals surface area contributed by atoms with Crippen molar-refractivity contribution in [1.29, 1.82) is 0 Å². The zero-order valence-corrected chi connectivity index (χ0v) is 23.1. The average Bonchev–Trinajstić information content (AvgIpc) is 2.87. The summed E-state index contributed by atoms with van der Waals surface area (Å²) >= 11 is 12.0. The van der Waals surface area contributed by atoms with E-state index in [4.69, 9.17) is 23.2 Å². The van der Waals surface area contributed by atoms with Gasteiger partial charge >= 0.3 is 0 Å². The highest BCUT2D eigenvalue weighted by molar-refractivity contribution is 7.92. The predicted octanol–water partition coefficient (Wildman–Crippen LogP) is 5.13. The van der Waals surface area contributed by atoms with E-state index in [1.54, 1.807) is 61.5 Å². The monoisotopic (exact) mass is 561 g/mol. The molecule has 0 radical (unpaired) electrons. The number of benzene rings is 3. The summed E-state index contributed by atoms with van der Waals surface area (Å²) in [7, 11) is -4.11. The smallest absolute Gasteiger partial charge is 0.264 e. The van der Waals surface area contributed by atoms with Crippen LogP contribution in [0.2, 0.25) is 10.0 Å². The van der Waals surface area contributed by atoms with Gasteiger partial charge in [-0.1, -0.05) is 53.5 Å². The van der Waals surface area contributed by atoms with Crippen molar-refractivity contribution < 1.29 is 18.0 Å². The SMILES string of the molecule is CC(C)NC(=O)[C@@H](C)N(Cc1ccc(Cl)cc1)C(=O)CN(c1ccc(Cl)cc1)S(=O)(=O)c1ccccc1. The molecule has 1 N–H and O–H groups in total. The van der Waals surface area contributed by atoms with Crippen molar-refractivity contribution >= 4 is 50.7 Å². The molecule has 0 unspecified atom stereocenters. The molecule has 3 aromatic rings. The van der Waals surface area contributed by atoms with Crippen molar-refractivity contribution in [2.75, 3.05) is 10.8 Å². The molecular formula is C27H29Cl2N3O4S. The van der Waals surface area contributed by atoms with Crippen LogP contribution in [-0.2, 0) is 26.2 Å². The number of nitrogens with zero attached hydrogens (tertiary/aromatic N) is 2. The predicted molar refractivity (Wildman–Crippen MR) is 147 cm³/mol. The minimum Gasteiger partial charge on any atom is -0.352 e. The molecule has 0 fully saturated rings. The topological polar surface area (TPSA) is 86.8 Å². The van der Waals surface area contributed by atoms with Crippen LogP contribution < -0.4 is 9.62 Å². The first kappa shape index (κ1) is 28.5. The van der Waals surface area contributed by atoms with E-state index in [1.165, 1.54) is 29.2 Å². The number of carbonyl (C=O) groups excluding carboxylic acids is 2. The zero-order valence-electron chi connectivity index (χ0n) is 20.8. The van der Waals surface area contributed by atoms with Crippen LogP contribution in [0.25, 0.3) is 0 Å². The highest BCUT2D eigenvalue weighted by Gasteiger charge is 2.32. The summed E-state index contributed by atoms with van der Waals surface area (Å²) in [6.45, 7) is 4.83. The molecule has 0 aliphatic carbocycles. The maximum atomic E-state index is 13.8. The van der Waals surface area contributed by atoms with Crippen LogP contribution in [0.4, 0.5) is 5.69 Å². The molecule has 3 aromatic carbocycles. The molecule has 0 aliphatic heterocycles. The standard InChI is InChI=1S/C27H29Cl2N3O4S/c1-19(2)30-27(34)20(3)31(17-21-9-11-22(28)12-10-21)26(33)18-32(24-15-13-23(29)14-16-24)37(35,36)25-7-5-4-6-8-25/h4-16,19-20H,17-18H2,1-3H3,(H,30,34)/t20-/m1/s1. The van der Waals surface area contributed by atoms with Gasteiger partial charge in [0.25, 0.3) is 10.0 Å². The number of amides is 2. The van der Waals surface area contributed by atoms with E-state index in [9.17, 15) is 18.0 Å². The number of hydrogen-bond donors (Lipinski definition) is 1. The quantitative estimate of drug-likeness (QED) is 0.371. The molecule has 0 aliphatic rings. The Morgan fingerprint density at radius 2 is 1.38 bits per heavy atom. The Labute approximate surface area is 228 Å². The van der Waals surface area contributed by atoms with Gasteiger partial charge < -0.3 is 10.2 Å². The van der Waals surface area contributed by atoms with Crippen LogP contribution in [-0.4, -0.2) is 43.8 Å². The van der Waals surface area contributed by atoms with Gasteiger partial charge in [-0.25, -0.2) is 8.42 Å². The highest BCUT2D eigenvalue weighted by Crippen LogP contribution is 2.26. The lowest BCUT2D eigenvalue weighted by atomic mass is 10.1. The number of nitrogens with one attached hydrogen (secondary N) is 1. The minimum absolute atomic E-state index is 0.0348. The number of halogens is 2. The summed E-state index contributed by atoms with van der Waals surface area (Å²) < 4.78 is 28.3. The zero-order chi connectivity index (χ0) is 27.2. The van der Waals surface area contributed by atoms with E-state index in [0.29, 0.717) is 10.0 Å². The fraction of sp³-hybridized carbons (Fsp3) is 0.259. The fourth-order valence-electron chi connectivity index (χ4n) is 3.63. The fourth-order valence-corrected chi connectivity index (χ4v) is 5.32. The Balaban J connectivity index is 2.00. The van der Waals surface area contributed by atoms with Crippen LogP contribution >= 0.6 is 23.2 Å². The Bertz CT molecular complexity index is 1320. The number of carbonyl (C=O) groups is 2. The van der Waals surface area contributed by atoms with Gasteiger partial charge in [-0.2, -0.15) is 0 Å². The molecular weight excluding hydrogens is 533 g/mol. The summed E-state index contributed by atoms with van der Waals surface area (Å²) in [5.74, 6) is -0.892. The van der Waals surface area contributed by atoms with Gasteiger partial charge in [0.2, 0.25) is 11.8 Å². The van der Waals surface area contributed by atoms with Gasteiger partial charge in [-0.05, 0) is 74.9 Å². The molecule has 0 saturated carbocycles. The summed E-state index contributed by atoms with van der Waals surface area (Å²) in [6, 6.07) is 19.9. The van der Waals surface area contributed by atoms with Gasteiger partial charge in [-0.3, -0.25) is 13.9 Å². The Hall–Kier alpha value is -3.07. The lowest BCUT2D eigenvalue weighted by molar-refractivity contribution is -0.139. The Morgan fingerprint density at radius 1 is 0.838 bits per heavy atom. The number of hydrogen-bond acceptors (Lipinski definition) is 4. The van der Waals surface area contributed by atoms with E-state index >= 15 is 0 Å². The third kappa shape index (κ3) is 7.47. The lowest BCUT2D eigenvalue weighted by Gasteiger charge is -2.32. The second-order valence-corrected chi connectivity index (χ2v) is 11.5. The Kier molecular flexibility index (Phi) is 9.59. The summed E-state index contributed by atoms with van der Waals surface area (Å²) in [5, 5.41) is 3.78. The van der Waals surface area contributed by atoms with Crippen molar-refractivity contribution in [2.45, 2.75) is 44.3 Å². The molecule has 10 heteroatoms. The molecule has 0 spiro atoms. The summed E-state index contributed by atoms with van der Waals surface area (Å²) in [5.41, 5.74) is 1.01. The van der Waals surface area contributed by atoms with Crippen molar-refractivity contribution in [3.63, 3.8) is 0 Å². The second-order valence-electron chi connectivity index (χ2n) is 8.79. The molecule has 7 nitrogen and oxygen atoms in total.